The molecule has 7 heteroatoms. The van der Waals surface area contributed by atoms with E-state index < -0.39 is 18.6 Å². The van der Waals surface area contributed by atoms with E-state index in [0.29, 0.717) is 11.4 Å². The summed E-state index contributed by atoms with van der Waals surface area (Å²) in [4.78, 5) is 12.5. The fourth-order valence-electron chi connectivity index (χ4n) is 1.69. The smallest absolute Gasteiger partial charge is 0.389 e. The van der Waals surface area contributed by atoms with Gasteiger partial charge in [-0.3, -0.25) is 0 Å². The molecule has 19 heavy (non-hydrogen) atoms. The van der Waals surface area contributed by atoms with Gasteiger partial charge in [0.1, 0.15) is 0 Å². The molecule has 0 unspecified atom stereocenters. The zero-order valence-electron chi connectivity index (χ0n) is 10.4. The van der Waals surface area contributed by atoms with Gasteiger partial charge in [0.15, 0.2) is 0 Å². The molecule has 0 aromatic heterocycles. The maximum Gasteiger partial charge on any atom is 0.389 e. The maximum absolute atomic E-state index is 12.0. The summed E-state index contributed by atoms with van der Waals surface area (Å²) in [7, 11) is 1.55. The minimum absolute atomic E-state index is 0.0190. The topological polar surface area (TPSA) is 66.6 Å². The van der Waals surface area contributed by atoms with Crippen LogP contribution in [0.25, 0.3) is 0 Å². The molecule has 0 radical (unpaired) electrons. The molecule has 106 valence electrons. The van der Waals surface area contributed by atoms with Crippen molar-refractivity contribution < 1.29 is 23.1 Å². The van der Waals surface area contributed by atoms with Gasteiger partial charge in [-0.25, -0.2) is 4.79 Å². The van der Waals surface area contributed by atoms with Crippen molar-refractivity contribution in [2.45, 2.75) is 19.0 Å². The Morgan fingerprint density at radius 1 is 1.42 bits per heavy atom. The second kappa shape index (κ2) is 5.81. The van der Waals surface area contributed by atoms with Gasteiger partial charge in [0, 0.05) is 25.7 Å². The van der Waals surface area contributed by atoms with Gasteiger partial charge in [-0.2, -0.15) is 13.2 Å². The molecule has 0 amide bonds. The third-order valence-corrected chi connectivity index (χ3v) is 2.62. The van der Waals surface area contributed by atoms with Gasteiger partial charge in [-0.15, -0.1) is 0 Å². The molecule has 0 saturated carbocycles. The van der Waals surface area contributed by atoms with E-state index in [2.05, 4.69) is 0 Å². The van der Waals surface area contributed by atoms with Gasteiger partial charge in [-0.1, -0.05) is 0 Å². The number of benzene rings is 1. The lowest BCUT2D eigenvalue weighted by Crippen LogP contribution is -2.23. The zero-order chi connectivity index (χ0) is 14.6. The van der Waals surface area contributed by atoms with Gasteiger partial charge in [0.2, 0.25) is 0 Å². The molecule has 0 aliphatic rings. The van der Waals surface area contributed by atoms with Crippen LogP contribution >= 0.6 is 0 Å². The number of hydrogen-bond acceptors (Lipinski definition) is 3. The van der Waals surface area contributed by atoms with Gasteiger partial charge in [-0.05, 0) is 24.6 Å². The molecule has 3 N–H and O–H groups in total. The molecule has 4 nitrogen and oxygen atoms in total. The normalized spacial score (nSPS) is 11.4. The van der Waals surface area contributed by atoms with E-state index in [1.807, 2.05) is 0 Å². The monoisotopic (exact) mass is 276 g/mol. The average molecular weight is 276 g/mol. The van der Waals surface area contributed by atoms with Crippen molar-refractivity contribution in [1.82, 2.24) is 0 Å². The van der Waals surface area contributed by atoms with Gasteiger partial charge in [0.05, 0.1) is 11.3 Å². The first-order valence-corrected chi connectivity index (χ1v) is 5.61. The van der Waals surface area contributed by atoms with Crippen LogP contribution in [-0.4, -0.2) is 30.8 Å². The molecule has 0 fully saturated rings. The summed E-state index contributed by atoms with van der Waals surface area (Å²) in [5.41, 5.74) is 6.12. The van der Waals surface area contributed by atoms with Crippen LogP contribution in [0.1, 0.15) is 23.2 Å². The Labute approximate surface area is 108 Å². The lowest BCUT2D eigenvalue weighted by atomic mass is 10.1. The van der Waals surface area contributed by atoms with E-state index in [-0.39, 0.29) is 18.5 Å². The second-order valence-electron chi connectivity index (χ2n) is 4.22. The molecule has 1 aromatic carbocycles. The number of anilines is 2. The van der Waals surface area contributed by atoms with Crippen LogP contribution in [0.3, 0.4) is 0 Å². The van der Waals surface area contributed by atoms with Crippen molar-refractivity contribution in [1.29, 1.82) is 0 Å². The summed E-state index contributed by atoms with van der Waals surface area (Å²) >= 11 is 0. The first kappa shape index (κ1) is 15.1. The largest absolute Gasteiger partial charge is 0.478 e. The third-order valence-electron chi connectivity index (χ3n) is 2.62. The first-order valence-electron chi connectivity index (χ1n) is 5.61. The molecule has 0 bridgehead atoms. The fourth-order valence-corrected chi connectivity index (χ4v) is 1.69. The van der Waals surface area contributed by atoms with Gasteiger partial charge < -0.3 is 15.7 Å². The predicted molar refractivity (Wildman–Crippen MR) is 66.4 cm³/mol. The Morgan fingerprint density at radius 2 is 2.05 bits per heavy atom. The number of carbonyl (C=O) groups is 1. The number of nitrogen functional groups attached to an aromatic ring is 1. The SMILES string of the molecule is CN(CCCC(F)(F)F)c1ccc(N)cc1C(=O)O. The van der Waals surface area contributed by atoms with Crippen molar-refractivity contribution in [3.63, 3.8) is 0 Å². The molecule has 0 aliphatic heterocycles. The highest BCUT2D eigenvalue weighted by atomic mass is 19.4. The Hall–Kier alpha value is -1.92. The number of alkyl halides is 3. The number of nitrogens with zero attached hydrogens (tertiary/aromatic N) is 1. The van der Waals surface area contributed by atoms with Gasteiger partial charge in [0.25, 0.3) is 0 Å². The van der Waals surface area contributed by atoms with Crippen molar-refractivity contribution >= 4 is 17.3 Å². The Kier molecular flexibility index (Phi) is 4.63. The van der Waals surface area contributed by atoms with Gasteiger partial charge >= 0.3 is 12.1 Å². The summed E-state index contributed by atoms with van der Waals surface area (Å²) in [5, 5.41) is 9.03. The summed E-state index contributed by atoms with van der Waals surface area (Å²) in [5.74, 6) is -1.16. The minimum atomic E-state index is -4.20. The van der Waals surface area contributed by atoms with Crippen LogP contribution in [0.2, 0.25) is 0 Å². The highest BCUT2D eigenvalue weighted by Crippen LogP contribution is 2.25. The average Bonchev–Trinajstić information content (AvgIpc) is 2.26. The molecule has 0 atom stereocenters. The zero-order valence-corrected chi connectivity index (χ0v) is 10.4. The highest BCUT2D eigenvalue weighted by Gasteiger charge is 2.26. The number of carboxylic acids is 1. The lowest BCUT2D eigenvalue weighted by Gasteiger charge is -2.21. The molecule has 0 heterocycles. The number of aromatic carboxylic acids is 1. The van der Waals surface area contributed by atoms with E-state index in [0.717, 1.165) is 0 Å². The Bertz CT molecular complexity index is 461. The van der Waals surface area contributed by atoms with E-state index in [1.165, 1.54) is 23.1 Å². The first-order chi connectivity index (χ1) is 8.70. The molecular weight excluding hydrogens is 261 g/mol. The Balaban J connectivity index is 2.76. The maximum atomic E-state index is 12.0. The van der Waals surface area contributed by atoms with Crippen LogP contribution in [0.15, 0.2) is 18.2 Å². The van der Waals surface area contributed by atoms with Crippen molar-refractivity contribution in [2.75, 3.05) is 24.2 Å². The summed E-state index contributed by atoms with van der Waals surface area (Å²) in [6, 6.07) is 4.30. The van der Waals surface area contributed by atoms with Crippen LogP contribution in [0.4, 0.5) is 24.5 Å². The molecule has 0 aliphatic carbocycles. The number of rotatable bonds is 5. The van der Waals surface area contributed by atoms with E-state index >= 15 is 0 Å². The van der Waals surface area contributed by atoms with Crippen LogP contribution in [0.5, 0.6) is 0 Å². The quantitative estimate of drug-likeness (QED) is 0.811. The van der Waals surface area contributed by atoms with Crippen LogP contribution < -0.4 is 10.6 Å². The van der Waals surface area contributed by atoms with Crippen LogP contribution in [0, 0.1) is 0 Å². The molecule has 1 rings (SSSR count). The number of hydrogen-bond donors (Lipinski definition) is 2. The lowest BCUT2D eigenvalue weighted by molar-refractivity contribution is -0.135. The van der Waals surface area contributed by atoms with Crippen molar-refractivity contribution in [2.24, 2.45) is 0 Å². The fraction of sp³-hybridized carbons (Fsp3) is 0.417. The predicted octanol–water partition coefficient (Wildman–Crippen LogP) is 2.75. The summed E-state index contributed by atoms with van der Waals surface area (Å²) in [6.45, 7) is 0.115. The molecule has 1 aromatic rings. The van der Waals surface area contributed by atoms with E-state index in [1.54, 1.807) is 7.05 Å². The second-order valence-corrected chi connectivity index (χ2v) is 4.22. The number of carboxylic acid groups (broad SMARTS) is 1. The van der Waals surface area contributed by atoms with Crippen molar-refractivity contribution in [3.8, 4) is 0 Å². The third kappa shape index (κ3) is 4.69. The molecule has 0 spiro atoms. The van der Waals surface area contributed by atoms with E-state index in [4.69, 9.17) is 10.8 Å². The summed E-state index contributed by atoms with van der Waals surface area (Å²) < 4.78 is 36.1. The number of nitrogens with two attached hydrogens (primary N) is 1. The molecular formula is C12H15F3N2O2. The Morgan fingerprint density at radius 3 is 2.58 bits per heavy atom. The molecule has 0 saturated heterocycles. The summed E-state index contributed by atoms with van der Waals surface area (Å²) in [6.07, 6.45) is -5.18. The standard InChI is InChI=1S/C12H15F3N2O2/c1-17(6-2-5-12(13,14)15)10-4-3-8(16)7-9(10)11(18)19/h3-4,7H,2,5-6,16H2,1H3,(H,18,19). The van der Waals surface area contributed by atoms with Crippen LogP contribution in [-0.2, 0) is 0 Å². The van der Waals surface area contributed by atoms with E-state index in [9.17, 15) is 18.0 Å². The highest BCUT2D eigenvalue weighted by molar-refractivity contribution is 5.95. The minimum Gasteiger partial charge on any atom is -0.478 e. The number of halogens is 3. The van der Waals surface area contributed by atoms with Crippen molar-refractivity contribution in [3.05, 3.63) is 23.8 Å².